The molecule has 1 heterocycles. The normalized spacial score (nSPS) is 11.3. The summed E-state index contributed by atoms with van der Waals surface area (Å²) < 4.78 is 27.7. The molecule has 0 bridgehead atoms. The maximum atomic E-state index is 12.1. The average Bonchev–Trinajstić information content (AvgIpc) is 3.14. The predicted molar refractivity (Wildman–Crippen MR) is 105 cm³/mol. The Balaban J connectivity index is 1.42. The number of aryl methyl sites for hydroxylation is 1. The highest BCUT2D eigenvalue weighted by atomic mass is 32.2. The smallest absolute Gasteiger partial charge is 0.238 e. The number of aromatic nitrogens is 1. The lowest BCUT2D eigenvalue weighted by Gasteiger charge is -2.05. The number of hydrogen-bond acceptors (Lipinski definition) is 5. The molecule has 146 valence electrons. The maximum Gasteiger partial charge on any atom is 0.238 e. The van der Waals surface area contributed by atoms with Crippen molar-refractivity contribution in [2.75, 3.05) is 6.54 Å². The van der Waals surface area contributed by atoms with Gasteiger partial charge in [0, 0.05) is 18.2 Å². The summed E-state index contributed by atoms with van der Waals surface area (Å²) in [7, 11) is -3.67. The van der Waals surface area contributed by atoms with Crippen LogP contribution in [0.1, 0.15) is 17.7 Å². The molecule has 3 rings (SSSR count). The van der Waals surface area contributed by atoms with E-state index in [0.29, 0.717) is 24.4 Å². The van der Waals surface area contributed by atoms with Crippen LogP contribution in [-0.4, -0.2) is 26.0 Å². The van der Waals surface area contributed by atoms with Gasteiger partial charge in [-0.15, -0.1) is 0 Å². The highest BCUT2D eigenvalue weighted by molar-refractivity contribution is 7.89. The van der Waals surface area contributed by atoms with E-state index in [0.717, 1.165) is 17.5 Å². The Morgan fingerprint density at radius 1 is 1.07 bits per heavy atom. The zero-order chi connectivity index (χ0) is 20.0. The van der Waals surface area contributed by atoms with Crippen LogP contribution in [0.3, 0.4) is 0 Å². The van der Waals surface area contributed by atoms with E-state index < -0.39 is 10.0 Å². The van der Waals surface area contributed by atoms with Crippen molar-refractivity contribution in [3.63, 3.8) is 0 Å². The molecule has 0 atom stereocenters. The van der Waals surface area contributed by atoms with Gasteiger partial charge in [-0.1, -0.05) is 47.6 Å². The number of carbonyl (C=O) groups excluding carboxylic acids is 1. The Morgan fingerprint density at radius 3 is 2.46 bits per heavy atom. The number of hydrogen-bond donors (Lipinski definition) is 2. The number of benzene rings is 2. The molecule has 0 aliphatic heterocycles. The van der Waals surface area contributed by atoms with Gasteiger partial charge in [0.1, 0.15) is 0 Å². The van der Waals surface area contributed by atoms with Gasteiger partial charge in [0.05, 0.1) is 17.0 Å². The van der Waals surface area contributed by atoms with Crippen molar-refractivity contribution in [1.29, 1.82) is 0 Å². The number of primary sulfonamides is 1. The standard InChI is InChI=1S/C20H21N3O4S/c21-28(25,26)18-10-8-15(9-11-18)5-4-12-22-20(24)14-17-13-19(27-23-17)16-6-2-1-3-7-16/h1-3,6-11,13H,4-5,12,14H2,(H,22,24)(H2,21,25,26). The Hall–Kier alpha value is -2.97. The molecular formula is C20H21N3O4S. The first-order valence-electron chi connectivity index (χ1n) is 8.81. The molecular weight excluding hydrogens is 378 g/mol. The van der Waals surface area contributed by atoms with Crippen molar-refractivity contribution in [2.24, 2.45) is 5.14 Å². The Bertz CT molecular complexity index is 1030. The molecule has 3 aromatic rings. The molecule has 0 aliphatic carbocycles. The van der Waals surface area contributed by atoms with Crippen LogP contribution in [0.4, 0.5) is 0 Å². The fourth-order valence-electron chi connectivity index (χ4n) is 2.73. The fraction of sp³-hybridized carbons (Fsp3) is 0.200. The molecule has 0 radical (unpaired) electrons. The molecule has 0 saturated carbocycles. The molecule has 3 N–H and O–H groups in total. The van der Waals surface area contributed by atoms with Crippen molar-refractivity contribution in [1.82, 2.24) is 10.5 Å². The van der Waals surface area contributed by atoms with Crippen LogP contribution in [0.2, 0.25) is 0 Å². The van der Waals surface area contributed by atoms with Crippen LogP contribution in [0.5, 0.6) is 0 Å². The van der Waals surface area contributed by atoms with Gasteiger partial charge < -0.3 is 9.84 Å². The summed E-state index contributed by atoms with van der Waals surface area (Å²) in [4.78, 5) is 12.1. The molecule has 1 amide bonds. The highest BCUT2D eigenvalue weighted by Crippen LogP contribution is 2.19. The lowest BCUT2D eigenvalue weighted by atomic mass is 10.1. The van der Waals surface area contributed by atoms with Crippen molar-refractivity contribution in [2.45, 2.75) is 24.2 Å². The topological polar surface area (TPSA) is 115 Å². The third kappa shape index (κ3) is 5.51. The summed E-state index contributed by atoms with van der Waals surface area (Å²) in [5, 5.41) is 11.9. The maximum absolute atomic E-state index is 12.1. The highest BCUT2D eigenvalue weighted by Gasteiger charge is 2.10. The lowest BCUT2D eigenvalue weighted by Crippen LogP contribution is -2.26. The molecule has 8 heteroatoms. The number of sulfonamides is 1. The van der Waals surface area contributed by atoms with E-state index in [1.165, 1.54) is 12.1 Å². The molecule has 0 aliphatic rings. The van der Waals surface area contributed by atoms with Gasteiger partial charge in [0.2, 0.25) is 15.9 Å². The van der Waals surface area contributed by atoms with Gasteiger partial charge in [-0.25, -0.2) is 13.6 Å². The lowest BCUT2D eigenvalue weighted by molar-refractivity contribution is -0.120. The van der Waals surface area contributed by atoms with E-state index in [-0.39, 0.29) is 17.2 Å². The second-order valence-electron chi connectivity index (χ2n) is 6.37. The number of nitrogens with two attached hydrogens (primary N) is 1. The van der Waals surface area contributed by atoms with Gasteiger partial charge in [-0.05, 0) is 30.5 Å². The third-order valence-corrected chi connectivity index (χ3v) is 5.10. The summed E-state index contributed by atoms with van der Waals surface area (Å²) in [6.45, 7) is 0.513. The molecule has 28 heavy (non-hydrogen) atoms. The van der Waals surface area contributed by atoms with Crippen LogP contribution >= 0.6 is 0 Å². The van der Waals surface area contributed by atoms with Crippen molar-refractivity contribution >= 4 is 15.9 Å². The van der Waals surface area contributed by atoms with Crippen molar-refractivity contribution in [3.05, 3.63) is 71.9 Å². The minimum atomic E-state index is -3.67. The zero-order valence-corrected chi connectivity index (χ0v) is 16.0. The SMILES string of the molecule is NS(=O)(=O)c1ccc(CCCNC(=O)Cc2cc(-c3ccccc3)on2)cc1. The molecule has 1 aromatic heterocycles. The van der Waals surface area contributed by atoms with Crippen LogP contribution in [-0.2, 0) is 27.7 Å². The summed E-state index contributed by atoms with van der Waals surface area (Å²) in [6, 6.07) is 17.8. The van der Waals surface area contributed by atoms with Crippen LogP contribution in [0.25, 0.3) is 11.3 Å². The molecule has 0 unspecified atom stereocenters. The van der Waals surface area contributed by atoms with E-state index in [2.05, 4.69) is 10.5 Å². The monoisotopic (exact) mass is 399 g/mol. The molecule has 0 saturated heterocycles. The van der Waals surface area contributed by atoms with Crippen LogP contribution < -0.4 is 10.5 Å². The van der Waals surface area contributed by atoms with Gasteiger partial charge in [-0.2, -0.15) is 0 Å². The molecule has 2 aromatic carbocycles. The van der Waals surface area contributed by atoms with E-state index in [1.807, 2.05) is 30.3 Å². The zero-order valence-electron chi connectivity index (χ0n) is 15.2. The van der Waals surface area contributed by atoms with Gasteiger partial charge in [0.15, 0.2) is 5.76 Å². The fourth-order valence-corrected chi connectivity index (χ4v) is 3.24. The first-order valence-corrected chi connectivity index (χ1v) is 10.4. The van der Waals surface area contributed by atoms with E-state index in [4.69, 9.17) is 9.66 Å². The first-order chi connectivity index (χ1) is 13.4. The number of amides is 1. The van der Waals surface area contributed by atoms with E-state index >= 15 is 0 Å². The number of rotatable bonds is 8. The van der Waals surface area contributed by atoms with Gasteiger partial charge in [-0.3, -0.25) is 4.79 Å². The Labute approximate surface area is 163 Å². The van der Waals surface area contributed by atoms with Crippen LogP contribution in [0, 0.1) is 0 Å². The van der Waals surface area contributed by atoms with Gasteiger partial charge in [0.25, 0.3) is 0 Å². The number of carbonyl (C=O) groups is 1. The van der Waals surface area contributed by atoms with Crippen molar-refractivity contribution < 1.29 is 17.7 Å². The first kappa shape index (κ1) is 19.8. The summed E-state index contributed by atoms with van der Waals surface area (Å²) in [5.41, 5.74) is 2.47. The minimum Gasteiger partial charge on any atom is -0.356 e. The third-order valence-electron chi connectivity index (χ3n) is 4.18. The second kappa shape index (κ2) is 8.81. The minimum absolute atomic E-state index is 0.0898. The number of nitrogens with zero attached hydrogens (tertiary/aromatic N) is 1. The average molecular weight is 399 g/mol. The van der Waals surface area contributed by atoms with Crippen molar-refractivity contribution in [3.8, 4) is 11.3 Å². The van der Waals surface area contributed by atoms with Crippen LogP contribution in [0.15, 0.2) is 70.1 Å². The van der Waals surface area contributed by atoms with Gasteiger partial charge >= 0.3 is 0 Å². The summed E-state index contributed by atoms with van der Waals surface area (Å²) in [5.74, 6) is 0.504. The Kier molecular flexibility index (Phi) is 6.23. The second-order valence-corrected chi connectivity index (χ2v) is 7.93. The summed E-state index contributed by atoms with van der Waals surface area (Å²) >= 11 is 0. The molecule has 0 fully saturated rings. The Morgan fingerprint density at radius 2 is 1.79 bits per heavy atom. The molecule has 7 nitrogen and oxygen atoms in total. The number of nitrogens with one attached hydrogen (secondary N) is 1. The van der Waals surface area contributed by atoms with E-state index in [1.54, 1.807) is 18.2 Å². The quantitative estimate of drug-likeness (QED) is 0.564. The van der Waals surface area contributed by atoms with E-state index in [9.17, 15) is 13.2 Å². The molecule has 0 spiro atoms. The predicted octanol–water partition coefficient (Wildman–Crippen LogP) is 2.28. The summed E-state index contributed by atoms with van der Waals surface area (Å²) in [6.07, 6.45) is 1.60. The largest absolute Gasteiger partial charge is 0.356 e.